The molecule has 1 saturated heterocycles. The third kappa shape index (κ3) is 5.27. The van der Waals surface area contributed by atoms with Crippen LogP contribution in [0.2, 0.25) is 0 Å². The van der Waals surface area contributed by atoms with Crippen LogP contribution in [0.5, 0.6) is 17.2 Å². The smallest absolute Gasteiger partial charge is 0.323 e. The Morgan fingerprint density at radius 3 is 2.24 bits per heavy atom. The summed E-state index contributed by atoms with van der Waals surface area (Å²) < 4.78 is 17.1. The second kappa shape index (κ2) is 9.12. The molecule has 0 spiro atoms. The van der Waals surface area contributed by atoms with Crippen LogP contribution >= 0.6 is 0 Å². The molecule has 2 N–H and O–H groups in total. The highest BCUT2D eigenvalue weighted by Crippen LogP contribution is 2.34. The summed E-state index contributed by atoms with van der Waals surface area (Å²) in [5.41, 5.74) is 1.33. The molecular weight excluding hydrogens is 368 g/mol. The van der Waals surface area contributed by atoms with Gasteiger partial charge in [0.25, 0.3) is 0 Å². The van der Waals surface area contributed by atoms with E-state index in [4.69, 9.17) is 14.2 Å². The molecule has 0 radical (unpaired) electrons. The molecular formula is C23H22N2O4. The Bertz CT molecular complexity index is 944. The normalized spacial score (nSPS) is 13.2. The van der Waals surface area contributed by atoms with Gasteiger partial charge in [-0.15, -0.1) is 0 Å². The summed E-state index contributed by atoms with van der Waals surface area (Å²) in [6.45, 7) is 1.93. The van der Waals surface area contributed by atoms with E-state index in [0.717, 1.165) is 5.69 Å². The van der Waals surface area contributed by atoms with Crippen LogP contribution in [0.15, 0.2) is 78.9 Å². The maximum absolute atomic E-state index is 12.3. The zero-order valence-corrected chi connectivity index (χ0v) is 15.8. The van der Waals surface area contributed by atoms with Crippen LogP contribution < -0.4 is 20.1 Å². The quantitative estimate of drug-likeness (QED) is 0.586. The zero-order chi connectivity index (χ0) is 19.9. The van der Waals surface area contributed by atoms with Gasteiger partial charge in [-0.2, -0.15) is 0 Å². The highest BCUT2D eigenvalue weighted by Gasteiger charge is 2.20. The maximum atomic E-state index is 12.3. The maximum Gasteiger partial charge on any atom is 0.323 e. The van der Waals surface area contributed by atoms with Gasteiger partial charge in [-0.3, -0.25) is 0 Å². The first-order valence-electron chi connectivity index (χ1n) is 9.47. The predicted molar refractivity (Wildman–Crippen MR) is 112 cm³/mol. The van der Waals surface area contributed by atoms with Gasteiger partial charge in [0.1, 0.15) is 5.75 Å². The first-order valence-corrected chi connectivity index (χ1v) is 9.47. The highest BCUT2D eigenvalue weighted by molar-refractivity contribution is 5.99. The number of carbonyl (C=O) groups is 1. The van der Waals surface area contributed by atoms with Gasteiger partial charge in [0.2, 0.25) is 0 Å². The van der Waals surface area contributed by atoms with Crippen LogP contribution in [0.4, 0.5) is 16.2 Å². The number of para-hydroxylation sites is 2. The number of anilines is 2. The predicted octanol–water partition coefficient (Wildman–Crippen LogP) is 5.15. The Balaban J connectivity index is 1.47. The fourth-order valence-electron chi connectivity index (χ4n) is 2.80. The highest BCUT2D eigenvalue weighted by atomic mass is 16.5. The lowest BCUT2D eigenvalue weighted by Gasteiger charge is -2.26. The van der Waals surface area contributed by atoms with Crippen molar-refractivity contribution in [3.63, 3.8) is 0 Å². The van der Waals surface area contributed by atoms with E-state index in [1.807, 2.05) is 60.7 Å². The summed E-state index contributed by atoms with van der Waals surface area (Å²) in [6.07, 6.45) is 0. The standard InChI is InChI=1S/C23H22N2O4/c26-23(24-18-7-3-1-4-8-18)25-19-11-12-21(29-20-9-5-2-6-10-20)22(13-19)28-16-17-14-27-15-17/h1-13,17H,14-16H2,(H2,24,25,26). The average Bonchev–Trinajstić information content (AvgIpc) is 2.70. The molecule has 3 aromatic rings. The first-order chi connectivity index (χ1) is 14.3. The number of amides is 2. The fraction of sp³-hybridized carbons (Fsp3) is 0.174. The van der Waals surface area contributed by atoms with E-state index in [-0.39, 0.29) is 6.03 Å². The molecule has 1 aliphatic heterocycles. The van der Waals surface area contributed by atoms with Gasteiger partial charge in [-0.05, 0) is 36.4 Å². The van der Waals surface area contributed by atoms with Crippen molar-refractivity contribution in [2.75, 3.05) is 30.5 Å². The van der Waals surface area contributed by atoms with E-state index < -0.39 is 0 Å². The molecule has 0 saturated carbocycles. The van der Waals surface area contributed by atoms with Crippen molar-refractivity contribution in [2.45, 2.75) is 0 Å². The number of benzene rings is 3. The number of ether oxygens (including phenoxy) is 3. The molecule has 0 unspecified atom stereocenters. The number of hydrogen-bond acceptors (Lipinski definition) is 4. The van der Waals surface area contributed by atoms with Crippen molar-refractivity contribution < 1.29 is 19.0 Å². The summed E-state index contributed by atoms with van der Waals surface area (Å²) in [7, 11) is 0. The van der Waals surface area contributed by atoms with Gasteiger partial charge in [0.15, 0.2) is 11.5 Å². The lowest BCUT2D eigenvalue weighted by molar-refractivity contribution is -0.0510. The number of urea groups is 1. The zero-order valence-electron chi connectivity index (χ0n) is 15.8. The third-order valence-corrected chi connectivity index (χ3v) is 4.39. The Morgan fingerprint density at radius 1 is 0.862 bits per heavy atom. The van der Waals surface area contributed by atoms with Gasteiger partial charge in [-0.25, -0.2) is 4.79 Å². The first kappa shape index (κ1) is 18.8. The van der Waals surface area contributed by atoms with E-state index in [9.17, 15) is 4.79 Å². The van der Waals surface area contributed by atoms with Crippen molar-refractivity contribution in [3.05, 3.63) is 78.9 Å². The second-order valence-electron chi connectivity index (χ2n) is 6.74. The van der Waals surface area contributed by atoms with Crippen molar-refractivity contribution in [3.8, 4) is 17.2 Å². The van der Waals surface area contributed by atoms with Gasteiger partial charge in [0, 0.05) is 23.4 Å². The van der Waals surface area contributed by atoms with Crippen molar-refractivity contribution in [1.82, 2.24) is 0 Å². The third-order valence-electron chi connectivity index (χ3n) is 4.39. The molecule has 0 aliphatic carbocycles. The molecule has 0 atom stereocenters. The van der Waals surface area contributed by atoms with E-state index in [0.29, 0.717) is 48.7 Å². The Kier molecular flexibility index (Phi) is 5.92. The van der Waals surface area contributed by atoms with E-state index in [2.05, 4.69) is 10.6 Å². The van der Waals surface area contributed by atoms with Crippen LogP contribution in [0.25, 0.3) is 0 Å². The summed E-state index contributed by atoms with van der Waals surface area (Å²) >= 11 is 0. The minimum Gasteiger partial charge on any atom is -0.489 e. The van der Waals surface area contributed by atoms with Crippen molar-refractivity contribution >= 4 is 17.4 Å². The molecule has 29 heavy (non-hydrogen) atoms. The van der Waals surface area contributed by atoms with Gasteiger partial charge in [-0.1, -0.05) is 36.4 Å². The van der Waals surface area contributed by atoms with E-state index in [1.54, 1.807) is 18.2 Å². The SMILES string of the molecule is O=C(Nc1ccccc1)Nc1ccc(Oc2ccccc2)c(OCC2COC2)c1. The van der Waals surface area contributed by atoms with Crippen molar-refractivity contribution in [1.29, 1.82) is 0 Å². The van der Waals surface area contributed by atoms with Gasteiger partial charge in [0.05, 0.1) is 19.8 Å². The molecule has 1 fully saturated rings. The summed E-state index contributed by atoms with van der Waals surface area (Å²) in [5.74, 6) is 2.24. The molecule has 0 bridgehead atoms. The molecule has 2 amide bonds. The molecule has 6 heteroatoms. The van der Waals surface area contributed by atoms with Gasteiger partial charge < -0.3 is 24.8 Å². The molecule has 1 aliphatic rings. The van der Waals surface area contributed by atoms with E-state index >= 15 is 0 Å². The Labute approximate surface area is 169 Å². The molecule has 3 aromatic carbocycles. The molecule has 6 nitrogen and oxygen atoms in total. The Morgan fingerprint density at radius 2 is 1.55 bits per heavy atom. The molecule has 1 heterocycles. The lowest BCUT2D eigenvalue weighted by atomic mass is 10.1. The van der Waals surface area contributed by atoms with Crippen LogP contribution in [0.1, 0.15) is 0 Å². The average molecular weight is 390 g/mol. The molecule has 148 valence electrons. The van der Waals surface area contributed by atoms with Gasteiger partial charge >= 0.3 is 6.03 Å². The minimum absolute atomic E-state index is 0.328. The molecule has 0 aromatic heterocycles. The fourth-order valence-corrected chi connectivity index (χ4v) is 2.80. The van der Waals surface area contributed by atoms with Crippen LogP contribution in [-0.4, -0.2) is 25.9 Å². The number of nitrogens with one attached hydrogen (secondary N) is 2. The topological polar surface area (TPSA) is 68.8 Å². The van der Waals surface area contributed by atoms with Crippen LogP contribution in [0.3, 0.4) is 0 Å². The number of hydrogen-bond donors (Lipinski definition) is 2. The second-order valence-corrected chi connectivity index (χ2v) is 6.74. The Hall–Kier alpha value is -3.51. The largest absolute Gasteiger partial charge is 0.489 e. The van der Waals surface area contributed by atoms with Crippen molar-refractivity contribution in [2.24, 2.45) is 5.92 Å². The number of rotatable bonds is 7. The van der Waals surface area contributed by atoms with Crippen LogP contribution in [-0.2, 0) is 4.74 Å². The summed E-state index contributed by atoms with van der Waals surface area (Å²) in [5, 5.41) is 5.62. The van der Waals surface area contributed by atoms with Crippen LogP contribution in [0, 0.1) is 5.92 Å². The number of carbonyl (C=O) groups excluding carboxylic acids is 1. The minimum atomic E-state index is -0.328. The lowest BCUT2D eigenvalue weighted by Crippen LogP contribution is -2.32. The molecule has 4 rings (SSSR count). The summed E-state index contributed by atoms with van der Waals surface area (Å²) in [6, 6.07) is 23.8. The monoisotopic (exact) mass is 390 g/mol. The van der Waals surface area contributed by atoms with E-state index in [1.165, 1.54) is 0 Å². The summed E-state index contributed by atoms with van der Waals surface area (Å²) in [4.78, 5) is 12.3.